The van der Waals surface area contributed by atoms with E-state index in [0.29, 0.717) is 0 Å². The highest BCUT2D eigenvalue weighted by atomic mass is 17.2. The van der Waals surface area contributed by atoms with E-state index in [1.807, 2.05) is 0 Å². The second-order valence-corrected chi connectivity index (χ2v) is 7.10. The second kappa shape index (κ2) is 12.2. The van der Waals surface area contributed by atoms with Gasteiger partial charge in [0.2, 0.25) is 20.2 Å². The van der Waals surface area contributed by atoms with Gasteiger partial charge in [-0.1, -0.05) is 21.8 Å². The van der Waals surface area contributed by atoms with Crippen LogP contribution in [0.3, 0.4) is 0 Å². The van der Waals surface area contributed by atoms with Crippen molar-refractivity contribution in [2.45, 2.75) is 24.8 Å². The number of ether oxygens (including phenoxy) is 3. The number of nitrogens with one attached hydrogen (secondary N) is 4. The van der Waals surface area contributed by atoms with Crippen LogP contribution in [0.4, 0.5) is 0 Å². The number of hydroxylamine groups is 3. The molecule has 4 fully saturated rings. The van der Waals surface area contributed by atoms with Crippen molar-refractivity contribution in [2.75, 3.05) is 59.8 Å². The van der Waals surface area contributed by atoms with Crippen molar-refractivity contribution in [3.63, 3.8) is 0 Å². The Bertz CT molecular complexity index is 566. The van der Waals surface area contributed by atoms with Gasteiger partial charge in [0, 0.05) is 0 Å². The molecule has 33 heavy (non-hydrogen) atoms. The number of nitrogens with zero attached hydrogens (tertiary/aromatic N) is 1. The van der Waals surface area contributed by atoms with Crippen LogP contribution >= 0.6 is 0 Å². The zero-order chi connectivity index (χ0) is 23.1. The van der Waals surface area contributed by atoms with Crippen molar-refractivity contribution < 1.29 is 78.6 Å². The number of hydrogen-bond acceptors (Lipinski definition) is 16. The largest absolute Gasteiger partial charge is 0.566 e. The van der Waals surface area contributed by atoms with Crippen LogP contribution in [0.5, 0.6) is 0 Å². The lowest BCUT2D eigenvalue weighted by Crippen LogP contribution is -3.02. The Morgan fingerprint density at radius 1 is 0.758 bits per heavy atom. The molecule has 0 bridgehead atoms. The van der Waals surface area contributed by atoms with Crippen LogP contribution < -0.4 is 21.8 Å². The van der Waals surface area contributed by atoms with Gasteiger partial charge in [0.1, 0.15) is 25.9 Å². The molecule has 7 unspecified atom stereocenters. The minimum Gasteiger partial charge on any atom is -0.566 e. The monoisotopic (exact) mass is 492 g/mol. The van der Waals surface area contributed by atoms with Gasteiger partial charge in [-0.05, 0) is 0 Å². The van der Waals surface area contributed by atoms with Crippen LogP contribution in [-0.2, 0) is 57.7 Å². The van der Waals surface area contributed by atoms with Gasteiger partial charge in [-0.25, -0.2) is 0 Å². The molecule has 4 aliphatic heterocycles. The van der Waals surface area contributed by atoms with Gasteiger partial charge in [0.05, 0.1) is 6.61 Å². The Morgan fingerprint density at radius 2 is 1.39 bits per heavy atom. The molecule has 0 spiro atoms. The maximum Gasteiger partial charge on any atom is 0.254 e. The third-order valence-electron chi connectivity index (χ3n) is 4.48. The first kappa shape index (κ1) is 25.3. The highest BCUT2D eigenvalue weighted by Crippen LogP contribution is 2.16. The average Bonchev–Trinajstić information content (AvgIpc) is 3.59. The average molecular weight is 492 g/mol. The molecule has 4 saturated heterocycles. The smallest absolute Gasteiger partial charge is 0.254 e. The lowest BCUT2D eigenvalue weighted by Gasteiger charge is -2.34. The van der Waals surface area contributed by atoms with Crippen molar-refractivity contribution in [3.8, 4) is 0 Å². The predicted molar refractivity (Wildman–Crippen MR) is 88.4 cm³/mol. The second-order valence-electron chi connectivity index (χ2n) is 7.10. The van der Waals surface area contributed by atoms with Crippen LogP contribution in [-0.4, -0.2) is 89.3 Å². The van der Waals surface area contributed by atoms with Gasteiger partial charge >= 0.3 is 0 Å². The fraction of sp³-hybridized carbons (Fsp3) is 1.00. The highest BCUT2D eigenvalue weighted by molar-refractivity contribution is 4.54. The summed E-state index contributed by atoms with van der Waals surface area (Å²) in [6, 6.07) is 0. The van der Waals surface area contributed by atoms with Gasteiger partial charge in [0.15, 0.2) is 19.3 Å². The van der Waals surface area contributed by atoms with E-state index in [1.54, 1.807) is 0 Å². The molecule has 0 amide bonds. The van der Waals surface area contributed by atoms with Crippen molar-refractivity contribution in [3.05, 3.63) is 15.6 Å². The minimum atomic E-state index is -0.983. The van der Waals surface area contributed by atoms with Crippen LogP contribution in [0.1, 0.15) is 0 Å². The SMILES string of the molecule is [O-][NH+]1OCC(COC[N+](COC2CO[NH+]([O-])O2)(COC2CO[NH+]([O-])O2)OCC2CONO2)O1. The van der Waals surface area contributed by atoms with Gasteiger partial charge in [-0.2, -0.15) is 24.2 Å². The molecule has 0 aromatic carbocycles. The molecule has 0 aromatic rings. The van der Waals surface area contributed by atoms with E-state index in [9.17, 15) is 15.6 Å². The molecule has 0 aliphatic carbocycles. The van der Waals surface area contributed by atoms with Gasteiger partial charge in [0.25, 0.3) is 12.6 Å². The summed E-state index contributed by atoms with van der Waals surface area (Å²) in [6.45, 7) is -0.666. The number of rotatable bonds is 13. The summed E-state index contributed by atoms with van der Waals surface area (Å²) in [5.41, 5.74) is 2.27. The third-order valence-corrected chi connectivity index (χ3v) is 4.48. The Labute approximate surface area is 185 Å². The van der Waals surface area contributed by atoms with E-state index in [-0.39, 0.29) is 59.8 Å². The summed E-state index contributed by atoms with van der Waals surface area (Å²) in [7, 11) is 0. The first-order chi connectivity index (χ1) is 16.0. The summed E-state index contributed by atoms with van der Waals surface area (Å²) < 4.78 is 16.4. The molecular weight excluding hydrogens is 466 g/mol. The van der Waals surface area contributed by atoms with Crippen molar-refractivity contribution >= 4 is 0 Å². The molecule has 0 radical (unpaired) electrons. The van der Waals surface area contributed by atoms with Crippen molar-refractivity contribution in [2.24, 2.45) is 0 Å². The summed E-state index contributed by atoms with van der Waals surface area (Å²) >= 11 is 0. The van der Waals surface area contributed by atoms with Crippen molar-refractivity contribution in [1.29, 1.82) is 0 Å². The molecule has 192 valence electrons. The van der Waals surface area contributed by atoms with E-state index < -0.39 is 45.6 Å². The zero-order valence-corrected chi connectivity index (χ0v) is 17.2. The van der Waals surface area contributed by atoms with Crippen LogP contribution in [0, 0.1) is 15.6 Å². The van der Waals surface area contributed by atoms with E-state index in [0.717, 1.165) is 0 Å². The molecule has 4 N–H and O–H groups in total. The molecule has 4 aliphatic rings. The quantitative estimate of drug-likeness (QED) is 0.0816. The van der Waals surface area contributed by atoms with Crippen molar-refractivity contribution in [1.82, 2.24) is 5.64 Å². The third kappa shape index (κ3) is 7.85. The molecule has 4 heterocycles. The molecular formula is C13H26N5O15+. The molecule has 20 heteroatoms. The standard InChI is InChI=1S/C13H26N5O15/c19-15-26-3-11(31-15)1-22-7-18(29-4-10-2-25-14-30-10,8-23-12-5-27-16(20)32-12)9-24-13-6-28-17(21)33-13/h10-17H,1-9H2/q+1. The molecule has 0 aromatic heterocycles. The Balaban J connectivity index is 1.38. The van der Waals surface area contributed by atoms with Crippen LogP contribution in [0.15, 0.2) is 0 Å². The number of quaternary nitrogens is 4. The Kier molecular flexibility index (Phi) is 9.39. The van der Waals surface area contributed by atoms with E-state index in [1.165, 1.54) is 0 Å². The van der Waals surface area contributed by atoms with Crippen LogP contribution in [0.25, 0.3) is 0 Å². The lowest BCUT2D eigenvalue weighted by molar-refractivity contribution is -1.19. The summed E-state index contributed by atoms with van der Waals surface area (Å²) in [5, 5.41) is 31.0. The maximum atomic E-state index is 11.2. The molecule has 20 nitrogen and oxygen atoms in total. The van der Waals surface area contributed by atoms with E-state index >= 15 is 0 Å². The van der Waals surface area contributed by atoms with Gasteiger partial charge < -0.3 is 20.4 Å². The normalized spacial score (nSPS) is 38.8. The maximum absolute atomic E-state index is 11.2. The van der Waals surface area contributed by atoms with Crippen LogP contribution in [0.2, 0.25) is 0 Å². The zero-order valence-electron chi connectivity index (χ0n) is 17.2. The lowest BCUT2D eigenvalue weighted by atomic mass is 10.4. The topological polar surface area (TPSA) is 205 Å². The first-order valence-corrected chi connectivity index (χ1v) is 9.84. The predicted octanol–water partition coefficient (Wildman–Crippen LogP) is -6.71. The minimum absolute atomic E-state index is 0.00646. The Morgan fingerprint density at radius 3 is 1.91 bits per heavy atom. The molecule has 4 rings (SSSR count). The first-order valence-electron chi connectivity index (χ1n) is 9.84. The molecule has 0 saturated carbocycles. The summed E-state index contributed by atoms with van der Waals surface area (Å²) in [5.74, 6) is 0. The van der Waals surface area contributed by atoms with Gasteiger partial charge in [-0.15, -0.1) is 14.3 Å². The number of hydrogen-bond donors (Lipinski definition) is 4. The van der Waals surface area contributed by atoms with E-state index in [4.69, 9.17) is 57.7 Å². The Hall–Kier alpha value is -0.800. The fourth-order valence-electron chi connectivity index (χ4n) is 2.83. The van der Waals surface area contributed by atoms with E-state index in [2.05, 4.69) is 5.64 Å². The highest BCUT2D eigenvalue weighted by Gasteiger charge is 2.40. The summed E-state index contributed by atoms with van der Waals surface area (Å²) in [6.07, 6.45) is -3.04. The summed E-state index contributed by atoms with van der Waals surface area (Å²) in [4.78, 5) is 44.9. The molecule has 7 atom stereocenters. The van der Waals surface area contributed by atoms with Gasteiger partial charge in [-0.3, -0.25) is 19.1 Å². The fourth-order valence-corrected chi connectivity index (χ4v) is 2.83.